The topological polar surface area (TPSA) is 68.3 Å². The van der Waals surface area contributed by atoms with Crippen LogP contribution in [-0.2, 0) is 16.1 Å². The maximum absolute atomic E-state index is 11.7. The summed E-state index contributed by atoms with van der Waals surface area (Å²) in [4.78, 5) is 27.3. The number of aryl methyl sites for hydroxylation is 1. The number of esters is 1. The van der Waals surface area contributed by atoms with Crippen LogP contribution in [0, 0.1) is 6.92 Å². The Kier molecular flexibility index (Phi) is 5.04. The first-order valence-electron chi connectivity index (χ1n) is 6.55. The molecule has 1 aromatic heterocycles. The molecule has 1 aromatic carbocycles. The summed E-state index contributed by atoms with van der Waals surface area (Å²) in [6.45, 7) is 1.93. The molecule has 0 unspecified atom stereocenters. The second-order valence-corrected chi connectivity index (χ2v) is 4.53. The molecular weight excluding hydrogens is 268 g/mol. The Morgan fingerprint density at radius 3 is 2.57 bits per heavy atom. The normalized spacial score (nSPS) is 9.95. The van der Waals surface area contributed by atoms with Crippen LogP contribution in [0.2, 0.25) is 0 Å². The van der Waals surface area contributed by atoms with Gasteiger partial charge >= 0.3 is 5.97 Å². The molecule has 2 aromatic rings. The molecular formula is C16H16N2O3. The number of aromatic nitrogens is 1. The van der Waals surface area contributed by atoms with E-state index in [1.807, 2.05) is 37.3 Å². The van der Waals surface area contributed by atoms with Crippen LogP contribution < -0.4 is 5.32 Å². The minimum atomic E-state index is -0.558. The Bertz CT molecular complexity index is 609. The highest BCUT2D eigenvalue weighted by Gasteiger charge is 2.10. The van der Waals surface area contributed by atoms with Crippen molar-refractivity contribution >= 4 is 11.9 Å². The number of amides is 1. The summed E-state index contributed by atoms with van der Waals surface area (Å²) in [7, 11) is 0. The first-order valence-corrected chi connectivity index (χ1v) is 6.55. The zero-order valence-corrected chi connectivity index (χ0v) is 11.7. The van der Waals surface area contributed by atoms with E-state index in [0.717, 1.165) is 11.3 Å². The van der Waals surface area contributed by atoms with Gasteiger partial charge in [-0.2, -0.15) is 0 Å². The molecule has 21 heavy (non-hydrogen) atoms. The maximum atomic E-state index is 11.7. The van der Waals surface area contributed by atoms with Crippen molar-refractivity contribution in [2.75, 3.05) is 6.61 Å². The monoisotopic (exact) mass is 284 g/mol. The average Bonchev–Trinajstić information content (AvgIpc) is 2.52. The van der Waals surface area contributed by atoms with E-state index in [0.29, 0.717) is 12.1 Å². The van der Waals surface area contributed by atoms with Crippen molar-refractivity contribution in [2.45, 2.75) is 13.5 Å². The first kappa shape index (κ1) is 14.7. The molecule has 0 aliphatic heterocycles. The van der Waals surface area contributed by atoms with Crippen LogP contribution in [-0.4, -0.2) is 23.5 Å². The Labute approximate surface area is 123 Å². The maximum Gasteiger partial charge on any atom is 0.340 e. The molecule has 0 aliphatic rings. The highest BCUT2D eigenvalue weighted by atomic mass is 16.5. The quantitative estimate of drug-likeness (QED) is 0.851. The van der Waals surface area contributed by atoms with Gasteiger partial charge in [0.1, 0.15) is 0 Å². The molecule has 0 aliphatic carbocycles. The number of pyridine rings is 1. The third-order valence-corrected chi connectivity index (χ3v) is 2.81. The molecule has 0 fully saturated rings. The summed E-state index contributed by atoms with van der Waals surface area (Å²) in [6, 6.07) is 12.8. The fourth-order valence-corrected chi connectivity index (χ4v) is 1.65. The number of carbonyl (C=O) groups is 2. The van der Waals surface area contributed by atoms with Crippen LogP contribution in [0.25, 0.3) is 0 Å². The van der Waals surface area contributed by atoms with Crippen molar-refractivity contribution in [3.8, 4) is 0 Å². The average molecular weight is 284 g/mol. The summed E-state index contributed by atoms with van der Waals surface area (Å²) in [5.41, 5.74) is 2.13. The zero-order chi connectivity index (χ0) is 15.1. The predicted octanol–water partition coefficient (Wildman–Crippen LogP) is 1.86. The molecule has 0 radical (unpaired) electrons. The molecule has 5 heteroatoms. The number of hydrogen-bond acceptors (Lipinski definition) is 4. The lowest BCUT2D eigenvalue weighted by molar-refractivity contribution is -0.124. The van der Waals surface area contributed by atoms with Crippen molar-refractivity contribution in [1.82, 2.24) is 10.3 Å². The summed E-state index contributed by atoms with van der Waals surface area (Å²) in [5, 5.41) is 2.68. The summed E-state index contributed by atoms with van der Waals surface area (Å²) in [6.07, 6.45) is 1.43. The molecule has 0 saturated carbocycles. The predicted molar refractivity (Wildman–Crippen MR) is 77.5 cm³/mol. The summed E-state index contributed by atoms with van der Waals surface area (Å²) in [5.74, 6) is -0.898. The summed E-state index contributed by atoms with van der Waals surface area (Å²) < 4.78 is 4.93. The highest BCUT2D eigenvalue weighted by molar-refractivity contribution is 5.90. The molecule has 1 amide bonds. The Morgan fingerprint density at radius 1 is 1.14 bits per heavy atom. The lowest BCUT2D eigenvalue weighted by Crippen LogP contribution is -2.28. The zero-order valence-electron chi connectivity index (χ0n) is 11.7. The number of hydrogen-bond donors (Lipinski definition) is 1. The Hall–Kier alpha value is -2.69. The smallest absolute Gasteiger partial charge is 0.340 e. The van der Waals surface area contributed by atoms with Gasteiger partial charge < -0.3 is 10.1 Å². The van der Waals surface area contributed by atoms with Gasteiger partial charge in [-0.1, -0.05) is 30.3 Å². The number of ether oxygens (including phenoxy) is 1. The van der Waals surface area contributed by atoms with E-state index >= 15 is 0 Å². The molecule has 1 heterocycles. The molecule has 5 nitrogen and oxygen atoms in total. The van der Waals surface area contributed by atoms with Gasteiger partial charge in [0.05, 0.1) is 5.56 Å². The first-order chi connectivity index (χ1) is 10.1. The number of rotatable bonds is 5. The van der Waals surface area contributed by atoms with Crippen molar-refractivity contribution in [3.05, 3.63) is 65.5 Å². The fourth-order valence-electron chi connectivity index (χ4n) is 1.65. The van der Waals surface area contributed by atoms with Gasteiger partial charge in [0.25, 0.3) is 5.91 Å². The number of carbonyl (C=O) groups excluding carboxylic acids is 2. The number of nitrogens with zero attached hydrogens (tertiary/aromatic N) is 1. The fraction of sp³-hybridized carbons (Fsp3) is 0.188. The van der Waals surface area contributed by atoms with Crippen molar-refractivity contribution < 1.29 is 14.3 Å². The highest BCUT2D eigenvalue weighted by Crippen LogP contribution is 2.02. The van der Waals surface area contributed by atoms with Crippen LogP contribution in [0.1, 0.15) is 21.6 Å². The molecule has 0 bridgehead atoms. The number of benzene rings is 1. The summed E-state index contributed by atoms with van der Waals surface area (Å²) >= 11 is 0. The molecule has 0 spiro atoms. The van der Waals surface area contributed by atoms with E-state index in [-0.39, 0.29) is 12.5 Å². The molecule has 0 atom stereocenters. The van der Waals surface area contributed by atoms with Gasteiger partial charge in [0, 0.05) is 18.4 Å². The van der Waals surface area contributed by atoms with Gasteiger partial charge in [-0.25, -0.2) is 4.79 Å². The van der Waals surface area contributed by atoms with Crippen LogP contribution in [0.15, 0.2) is 48.7 Å². The van der Waals surface area contributed by atoms with Crippen LogP contribution in [0.3, 0.4) is 0 Å². The van der Waals surface area contributed by atoms with E-state index in [4.69, 9.17) is 4.74 Å². The van der Waals surface area contributed by atoms with Gasteiger partial charge in [-0.05, 0) is 24.6 Å². The van der Waals surface area contributed by atoms with Crippen LogP contribution >= 0.6 is 0 Å². The lowest BCUT2D eigenvalue weighted by Gasteiger charge is -2.06. The van der Waals surface area contributed by atoms with E-state index < -0.39 is 5.97 Å². The minimum Gasteiger partial charge on any atom is -0.452 e. The largest absolute Gasteiger partial charge is 0.452 e. The van der Waals surface area contributed by atoms with Crippen molar-refractivity contribution in [2.24, 2.45) is 0 Å². The lowest BCUT2D eigenvalue weighted by atomic mass is 10.2. The molecule has 108 valence electrons. The SMILES string of the molecule is Cc1ccc(C(=O)OCC(=O)NCc2ccccc2)cn1. The van der Waals surface area contributed by atoms with E-state index in [1.165, 1.54) is 6.20 Å². The third-order valence-electron chi connectivity index (χ3n) is 2.81. The van der Waals surface area contributed by atoms with E-state index in [2.05, 4.69) is 10.3 Å². The van der Waals surface area contributed by atoms with E-state index in [9.17, 15) is 9.59 Å². The Balaban J connectivity index is 1.76. The second-order valence-electron chi connectivity index (χ2n) is 4.53. The van der Waals surface area contributed by atoms with Crippen molar-refractivity contribution in [3.63, 3.8) is 0 Å². The Morgan fingerprint density at radius 2 is 1.90 bits per heavy atom. The molecule has 1 N–H and O–H groups in total. The molecule has 0 saturated heterocycles. The van der Waals surface area contributed by atoms with Gasteiger partial charge in [-0.15, -0.1) is 0 Å². The minimum absolute atomic E-state index is 0.306. The second kappa shape index (κ2) is 7.19. The van der Waals surface area contributed by atoms with Gasteiger partial charge in [-0.3, -0.25) is 9.78 Å². The standard InChI is InChI=1S/C16H16N2O3/c1-12-7-8-14(10-17-12)16(20)21-11-15(19)18-9-13-5-3-2-4-6-13/h2-8,10H,9,11H2,1H3,(H,18,19). The van der Waals surface area contributed by atoms with E-state index in [1.54, 1.807) is 12.1 Å². The van der Waals surface area contributed by atoms with Gasteiger partial charge in [0.2, 0.25) is 0 Å². The van der Waals surface area contributed by atoms with Crippen LogP contribution in [0.5, 0.6) is 0 Å². The number of nitrogens with one attached hydrogen (secondary N) is 1. The molecule has 2 rings (SSSR count). The van der Waals surface area contributed by atoms with Gasteiger partial charge in [0.15, 0.2) is 6.61 Å². The third kappa shape index (κ3) is 4.72. The van der Waals surface area contributed by atoms with Crippen LogP contribution in [0.4, 0.5) is 0 Å². The van der Waals surface area contributed by atoms with Crippen molar-refractivity contribution in [1.29, 1.82) is 0 Å².